The van der Waals surface area contributed by atoms with Gasteiger partial charge in [-0.25, -0.2) is 9.97 Å². The average molecular weight is 354 g/mol. The van der Waals surface area contributed by atoms with Gasteiger partial charge < -0.3 is 15.0 Å². The number of nitrogens with one attached hydrogen (secondary N) is 1. The summed E-state index contributed by atoms with van der Waals surface area (Å²) < 4.78 is 5.26. The summed E-state index contributed by atoms with van der Waals surface area (Å²) in [6.45, 7) is 7.12. The van der Waals surface area contributed by atoms with E-state index in [2.05, 4.69) is 20.2 Å². The number of piperidine rings is 1. The Morgan fingerprint density at radius 1 is 1.12 bits per heavy atom. The van der Waals surface area contributed by atoms with Crippen molar-refractivity contribution in [2.75, 3.05) is 25.1 Å². The van der Waals surface area contributed by atoms with Gasteiger partial charge >= 0.3 is 0 Å². The van der Waals surface area contributed by atoms with Crippen molar-refractivity contribution in [1.82, 2.24) is 15.3 Å². The Hall–Kier alpha value is -2.63. The molecule has 1 fully saturated rings. The normalized spacial score (nSPS) is 16.2. The summed E-state index contributed by atoms with van der Waals surface area (Å²) in [5.74, 6) is 1.57. The maximum atomic E-state index is 11.9. The van der Waals surface area contributed by atoms with Crippen molar-refractivity contribution < 1.29 is 9.53 Å². The summed E-state index contributed by atoms with van der Waals surface area (Å²) >= 11 is 0. The van der Waals surface area contributed by atoms with Crippen molar-refractivity contribution in [3.63, 3.8) is 0 Å². The van der Waals surface area contributed by atoms with Gasteiger partial charge in [-0.15, -0.1) is 0 Å². The number of aryl methyl sites for hydroxylation is 2. The van der Waals surface area contributed by atoms with Crippen LogP contribution in [0.4, 0.5) is 5.95 Å². The van der Waals surface area contributed by atoms with E-state index in [4.69, 9.17) is 4.74 Å². The minimum atomic E-state index is -0.368. The molecule has 1 aromatic carbocycles. The van der Waals surface area contributed by atoms with E-state index in [1.165, 1.54) is 0 Å². The Kier molecular flexibility index (Phi) is 5.11. The lowest BCUT2D eigenvalue weighted by molar-refractivity contribution is -0.121. The van der Waals surface area contributed by atoms with Gasteiger partial charge in [0.25, 0.3) is 0 Å². The molecule has 0 spiro atoms. The zero-order valence-electron chi connectivity index (χ0n) is 15.9. The maximum absolute atomic E-state index is 11.9. The van der Waals surface area contributed by atoms with E-state index in [0.717, 1.165) is 54.6 Å². The Morgan fingerprint density at radius 3 is 2.19 bits per heavy atom. The number of rotatable bonds is 4. The SMILES string of the molecule is COc1ccc(C2(NC(C)=O)CCN(c3nc(C)cc(C)n3)CC2)cc1. The molecule has 26 heavy (non-hydrogen) atoms. The predicted molar refractivity (Wildman–Crippen MR) is 101 cm³/mol. The van der Waals surface area contributed by atoms with Gasteiger partial charge in [0.15, 0.2) is 0 Å². The summed E-state index contributed by atoms with van der Waals surface area (Å²) in [6, 6.07) is 9.94. The molecule has 2 aromatic rings. The molecule has 0 saturated carbocycles. The van der Waals surface area contributed by atoms with E-state index < -0.39 is 0 Å². The molecule has 1 aromatic heterocycles. The first-order valence-corrected chi connectivity index (χ1v) is 8.92. The van der Waals surface area contributed by atoms with Crippen molar-refractivity contribution in [1.29, 1.82) is 0 Å². The van der Waals surface area contributed by atoms with Crippen LogP contribution in [0.3, 0.4) is 0 Å². The summed E-state index contributed by atoms with van der Waals surface area (Å²) in [5.41, 5.74) is 2.69. The first-order valence-electron chi connectivity index (χ1n) is 8.92. The lowest BCUT2D eigenvalue weighted by Crippen LogP contribution is -2.53. The van der Waals surface area contributed by atoms with Crippen LogP contribution < -0.4 is 15.0 Å². The van der Waals surface area contributed by atoms with Crippen molar-refractivity contribution in [3.05, 3.63) is 47.3 Å². The number of methoxy groups -OCH3 is 1. The largest absolute Gasteiger partial charge is 0.497 e. The molecular weight excluding hydrogens is 328 g/mol. The lowest BCUT2D eigenvalue weighted by Gasteiger charge is -2.42. The molecule has 3 rings (SSSR count). The molecular formula is C20H26N4O2. The van der Waals surface area contributed by atoms with Crippen LogP contribution in [-0.2, 0) is 10.3 Å². The average Bonchev–Trinajstić information content (AvgIpc) is 2.61. The molecule has 0 aliphatic carbocycles. The van der Waals surface area contributed by atoms with Gasteiger partial charge in [-0.1, -0.05) is 12.1 Å². The second kappa shape index (κ2) is 7.32. The number of carbonyl (C=O) groups excluding carboxylic acids is 1. The van der Waals surface area contributed by atoms with Crippen LogP contribution in [0.5, 0.6) is 5.75 Å². The molecule has 1 amide bonds. The van der Waals surface area contributed by atoms with Gasteiger partial charge in [0.2, 0.25) is 11.9 Å². The van der Waals surface area contributed by atoms with E-state index in [1.54, 1.807) is 14.0 Å². The maximum Gasteiger partial charge on any atom is 0.225 e. The highest BCUT2D eigenvalue weighted by Gasteiger charge is 2.37. The van der Waals surface area contributed by atoms with Crippen LogP contribution in [0.2, 0.25) is 0 Å². The molecule has 0 unspecified atom stereocenters. The Labute approximate surface area is 154 Å². The van der Waals surface area contributed by atoms with Crippen LogP contribution in [0, 0.1) is 13.8 Å². The fraction of sp³-hybridized carbons (Fsp3) is 0.450. The molecule has 0 bridgehead atoms. The third-order valence-corrected chi connectivity index (χ3v) is 4.93. The smallest absolute Gasteiger partial charge is 0.225 e. The standard InChI is InChI=1S/C20H26N4O2/c1-14-13-15(2)22-19(21-14)24-11-9-20(10-12-24,23-16(3)25)17-5-7-18(26-4)8-6-17/h5-8,13H,9-12H2,1-4H3,(H,23,25). The fourth-order valence-electron chi connectivity index (χ4n) is 3.67. The Bertz CT molecular complexity index is 761. The number of amides is 1. The van der Waals surface area contributed by atoms with Gasteiger partial charge in [0, 0.05) is 31.4 Å². The zero-order valence-corrected chi connectivity index (χ0v) is 15.9. The minimum absolute atomic E-state index is 0.0167. The summed E-state index contributed by atoms with van der Waals surface area (Å²) in [5, 5.41) is 3.20. The Balaban J connectivity index is 1.83. The number of carbonyl (C=O) groups is 1. The monoisotopic (exact) mass is 354 g/mol. The molecule has 138 valence electrons. The molecule has 0 atom stereocenters. The fourth-order valence-corrected chi connectivity index (χ4v) is 3.67. The summed E-state index contributed by atoms with van der Waals surface area (Å²) in [6.07, 6.45) is 1.60. The lowest BCUT2D eigenvalue weighted by atomic mass is 9.80. The van der Waals surface area contributed by atoms with Crippen molar-refractivity contribution in [2.24, 2.45) is 0 Å². The van der Waals surface area contributed by atoms with Crippen LogP contribution in [0.15, 0.2) is 30.3 Å². The van der Waals surface area contributed by atoms with Crippen LogP contribution in [0.1, 0.15) is 36.7 Å². The van der Waals surface area contributed by atoms with E-state index >= 15 is 0 Å². The number of hydrogen-bond acceptors (Lipinski definition) is 5. The molecule has 6 nitrogen and oxygen atoms in total. The number of aromatic nitrogens is 2. The predicted octanol–water partition coefficient (Wildman–Crippen LogP) is 2.73. The highest BCUT2D eigenvalue weighted by atomic mass is 16.5. The molecule has 2 heterocycles. The van der Waals surface area contributed by atoms with Gasteiger partial charge in [0.05, 0.1) is 12.6 Å². The highest BCUT2D eigenvalue weighted by Crippen LogP contribution is 2.35. The molecule has 1 aliphatic rings. The van der Waals surface area contributed by atoms with Crippen molar-refractivity contribution >= 4 is 11.9 Å². The van der Waals surface area contributed by atoms with Gasteiger partial charge in [-0.05, 0) is 50.5 Å². The second-order valence-corrected chi connectivity index (χ2v) is 6.93. The van der Waals surface area contributed by atoms with Crippen LogP contribution >= 0.6 is 0 Å². The summed E-state index contributed by atoms with van der Waals surface area (Å²) in [4.78, 5) is 23.2. The number of ether oxygens (including phenoxy) is 1. The Morgan fingerprint density at radius 2 is 1.69 bits per heavy atom. The number of nitrogens with zero attached hydrogens (tertiary/aromatic N) is 3. The van der Waals surface area contributed by atoms with Crippen molar-refractivity contribution in [3.8, 4) is 5.75 Å². The van der Waals surface area contributed by atoms with E-state index in [-0.39, 0.29) is 11.4 Å². The van der Waals surface area contributed by atoms with Gasteiger partial charge in [-0.3, -0.25) is 4.79 Å². The van der Waals surface area contributed by atoms with E-state index in [9.17, 15) is 4.79 Å². The minimum Gasteiger partial charge on any atom is -0.497 e. The zero-order chi connectivity index (χ0) is 18.7. The third-order valence-electron chi connectivity index (χ3n) is 4.93. The number of benzene rings is 1. The molecule has 1 N–H and O–H groups in total. The van der Waals surface area contributed by atoms with E-state index in [1.807, 2.05) is 44.2 Å². The van der Waals surface area contributed by atoms with Crippen LogP contribution in [-0.4, -0.2) is 36.1 Å². The topological polar surface area (TPSA) is 67.3 Å². The summed E-state index contributed by atoms with van der Waals surface area (Å²) in [7, 11) is 1.65. The first kappa shape index (κ1) is 18.2. The van der Waals surface area contributed by atoms with E-state index in [0.29, 0.717) is 0 Å². The molecule has 1 aliphatic heterocycles. The molecule has 1 saturated heterocycles. The third kappa shape index (κ3) is 3.79. The highest BCUT2D eigenvalue weighted by molar-refractivity contribution is 5.74. The quantitative estimate of drug-likeness (QED) is 0.914. The van der Waals surface area contributed by atoms with Crippen molar-refractivity contribution in [2.45, 2.75) is 39.2 Å². The van der Waals surface area contributed by atoms with Gasteiger partial charge in [0.1, 0.15) is 5.75 Å². The van der Waals surface area contributed by atoms with Crippen LogP contribution in [0.25, 0.3) is 0 Å². The molecule has 6 heteroatoms. The van der Waals surface area contributed by atoms with Gasteiger partial charge in [-0.2, -0.15) is 0 Å². The second-order valence-electron chi connectivity index (χ2n) is 6.93. The number of anilines is 1. The number of hydrogen-bond donors (Lipinski definition) is 1. The first-order chi connectivity index (χ1) is 12.4. The molecule has 0 radical (unpaired) electrons.